The van der Waals surface area contributed by atoms with Crippen LogP contribution in [-0.4, -0.2) is 35.1 Å². The monoisotopic (exact) mass is 345 g/mol. The summed E-state index contributed by atoms with van der Waals surface area (Å²) in [6, 6.07) is 6.80. The molecule has 0 bridgehead atoms. The van der Waals surface area contributed by atoms with Crippen LogP contribution in [0.15, 0.2) is 24.3 Å². The third-order valence-corrected chi connectivity index (χ3v) is 3.76. The summed E-state index contributed by atoms with van der Waals surface area (Å²) in [7, 11) is 0. The number of nitrogens with zero attached hydrogens (tertiary/aromatic N) is 1. The summed E-state index contributed by atoms with van der Waals surface area (Å²) in [5.74, 6) is -0.484. The Kier molecular flexibility index (Phi) is 6.27. The fraction of sp³-hybridized carbons (Fsp3) is 0.444. The summed E-state index contributed by atoms with van der Waals surface area (Å²) in [6.07, 6.45) is 0.964. The number of carbonyl (C=O) groups is 4. The Morgan fingerprint density at radius 1 is 0.960 bits per heavy atom. The van der Waals surface area contributed by atoms with Gasteiger partial charge in [0.25, 0.3) is 0 Å². The van der Waals surface area contributed by atoms with Gasteiger partial charge >= 0.3 is 0 Å². The molecule has 0 saturated carbocycles. The first-order chi connectivity index (χ1) is 11.8. The molecule has 134 valence electrons. The molecule has 1 aliphatic rings. The Balaban J connectivity index is 1.80. The summed E-state index contributed by atoms with van der Waals surface area (Å²) in [5.41, 5.74) is 1.25. The maximum absolute atomic E-state index is 11.9. The second-order valence-electron chi connectivity index (χ2n) is 6.46. The number of likely N-dealkylation sites (tertiary alicyclic amines) is 1. The average Bonchev–Trinajstić information content (AvgIpc) is 2.85. The number of rotatable bonds is 7. The van der Waals surface area contributed by atoms with Crippen LogP contribution in [0.3, 0.4) is 0 Å². The first-order valence-corrected chi connectivity index (χ1v) is 8.38. The van der Waals surface area contributed by atoms with Crippen LogP contribution in [0.25, 0.3) is 0 Å². The lowest BCUT2D eigenvalue weighted by molar-refractivity contribution is -0.138. The maximum Gasteiger partial charge on any atom is 0.229 e. The van der Waals surface area contributed by atoms with Crippen molar-refractivity contribution < 1.29 is 19.2 Å². The maximum atomic E-state index is 11.9. The highest BCUT2D eigenvalue weighted by Gasteiger charge is 2.28. The van der Waals surface area contributed by atoms with Gasteiger partial charge in [0.2, 0.25) is 23.6 Å². The molecular weight excluding hydrogens is 322 g/mol. The van der Waals surface area contributed by atoms with Gasteiger partial charge in [0.05, 0.1) is 0 Å². The first kappa shape index (κ1) is 18.6. The molecule has 0 atom stereocenters. The molecule has 1 heterocycles. The fourth-order valence-electron chi connectivity index (χ4n) is 2.53. The molecule has 0 aliphatic carbocycles. The molecule has 1 saturated heterocycles. The second-order valence-corrected chi connectivity index (χ2v) is 6.46. The number of carbonyl (C=O) groups excluding carboxylic acids is 4. The molecule has 1 aromatic rings. The van der Waals surface area contributed by atoms with Crippen LogP contribution in [0.5, 0.6) is 0 Å². The van der Waals surface area contributed by atoms with E-state index in [1.54, 1.807) is 24.3 Å². The van der Waals surface area contributed by atoms with Crippen molar-refractivity contribution in [2.75, 3.05) is 17.2 Å². The summed E-state index contributed by atoms with van der Waals surface area (Å²) in [4.78, 5) is 47.8. The lowest BCUT2D eigenvalue weighted by Gasteiger charge is -2.13. The van der Waals surface area contributed by atoms with Crippen LogP contribution < -0.4 is 10.6 Å². The molecule has 1 fully saturated rings. The summed E-state index contributed by atoms with van der Waals surface area (Å²) < 4.78 is 0. The Hall–Kier alpha value is -2.70. The van der Waals surface area contributed by atoms with Gasteiger partial charge in [0.1, 0.15) is 0 Å². The SMILES string of the molecule is CC(C)CC(=O)Nc1ccc(NC(=O)CCN2C(=O)CCC2=O)cc1. The van der Waals surface area contributed by atoms with Gasteiger partial charge in [-0.1, -0.05) is 13.8 Å². The summed E-state index contributed by atoms with van der Waals surface area (Å²) >= 11 is 0. The van der Waals surface area contributed by atoms with Crippen LogP contribution in [0, 0.1) is 5.92 Å². The van der Waals surface area contributed by atoms with E-state index in [4.69, 9.17) is 0 Å². The molecule has 0 unspecified atom stereocenters. The van der Waals surface area contributed by atoms with Gasteiger partial charge in [-0.05, 0) is 30.2 Å². The number of nitrogens with one attached hydrogen (secondary N) is 2. The molecule has 4 amide bonds. The van der Waals surface area contributed by atoms with Crippen LogP contribution in [0.2, 0.25) is 0 Å². The van der Waals surface area contributed by atoms with Crippen molar-refractivity contribution >= 4 is 35.0 Å². The molecule has 1 aromatic carbocycles. The molecule has 25 heavy (non-hydrogen) atoms. The van der Waals surface area contributed by atoms with Crippen molar-refractivity contribution in [2.45, 2.75) is 39.5 Å². The zero-order valence-corrected chi connectivity index (χ0v) is 14.5. The predicted molar refractivity (Wildman–Crippen MR) is 93.7 cm³/mol. The van der Waals surface area contributed by atoms with E-state index < -0.39 is 0 Å². The topological polar surface area (TPSA) is 95.6 Å². The van der Waals surface area contributed by atoms with Crippen LogP contribution >= 0.6 is 0 Å². The van der Waals surface area contributed by atoms with Gasteiger partial charge < -0.3 is 10.6 Å². The Morgan fingerprint density at radius 2 is 1.44 bits per heavy atom. The van der Waals surface area contributed by atoms with Gasteiger partial charge in [-0.3, -0.25) is 24.1 Å². The van der Waals surface area contributed by atoms with E-state index >= 15 is 0 Å². The summed E-state index contributed by atoms with van der Waals surface area (Å²) in [6.45, 7) is 4.05. The van der Waals surface area contributed by atoms with E-state index in [1.165, 1.54) is 0 Å². The molecule has 0 spiro atoms. The van der Waals surface area contributed by atoms with E-state index in [1.807, 2.05) is 13.8 Å². The van der Waals surface area contributed by atoms with Crippen LogP contribution in [0.4, 0.5) is 11.4 Å². The number of anilines is 2. The minimum Gasteiger partial charge on any atom is -0.326 e. The first-order valence-electron chi connectivity index (χ1n) is 8.38. The summed E-state index contributed by atoms with van der Waals surface area (Å²) in [5, 5.41) is 5.50. The predicted octanol–water partition coefficient (Wildman–Crippen LogP) is 2.15. The molecule has 0 aromatic heterocycles. The molecule has 1 aliphatic heterocycles. The highest BCUT2D eigenvalue weighted by molar-refractivity contribution is 6.02. The Labute approximate surface area is 146 Å². The van der Waals surface area contributed by atoms with Crippen LogP contribution in [-0.2, 0) is 19.2 Å². The molecular formula is C18H23N3O4. The Bertz CT molecular complexity index is 651. The van der Waals surface area contributed by atoms with Gasteiger partial charge in [-0.15, -0.1) is 0 Å². The van der Waals surface area contributed by atoms with Crippen molar-refractivity contribution in [2.24, 2.45) is 5.92 Å². The zero-order chi connectivity index (χ0) is 18.4. The van der Waals surface area contributed by atoms with E-state index in [0.29, 0.717) is 17.8 Å². The highest BCUT2D eigenvalue weighted by Crippen LogP contribution is 2.16. The Morgan fingerprint density at radius 3 is 1.92 bits per heavy atom. The molecule has 7 heteroatoms. The van der Waals surface area contributed by atoms with Gasteiger partial charge in [-0.25, -0.2) is 0 Å². The molecule has 2 N–H and O–H groups in total. The fourth-order valence-corrected chi connectivity index (χ4v) is 2.53. The van der Waals surface area contributed by atoms with Gasteiger partial charge in [-0.2, -0.15) is 0 Å². The van der Waals surface area contributed by atoms with Crippen molar-refractivity contribution in [3.63, 3.8) is 0 Å². The lowest BCUT2D eigenvalue weighted by atomic mass is 10.1. The number of amides is 4. The minimum atomic E-state index is -0.274. The minimum absolute atomic E-state index is 0.0493. The quantitative estimate of drug-likeness (QED) is 0.740. The van der Waals surface area contributed by atoms with Crippen molar-refractivity contribution in [1.29, 1.82) is 0 Å². The normalized spacial score (nSPS) is 14.1. The largest absolute Gasteiger partial charge is 0.326 e. The van der Waals surface area contributed by atoms with E-state index in [9.17, 15) is 19.2 Å². The van der Waals surface area contributed by atoms with Gasteiger partial charge in [0.15, 0.2) is 0 Å². The third kappa shape index (κ3) is 5.70. The lowest BCUT2D eigenvalue weighted by Crippen LogP contribution is -2.32. The van der Waals surface area contributed by atoms with E-state index in [2.05, 4.69) is 10.6 Å². The molecule has 7 nitrogen and oxygen atoms in total. The second kappa shape index (κ2) is 8.41. The van der Waals surface area contributed by atoms with E-state index in [-0.39, 0.29) is 55.4 Å². The van der Waals surface area contributed by atoms with E-state index in [0.717, 1.165) is 4.90 Å². The van der Waals surface area contributed by atoms with Crippen molar-refractivity contribution in [3.05, 3.63) is 24.3 Å². The highest BCUT2D eigenvalue weighted by atomic mass is 16.2. The number of hydrogen-bond donors (Lipinski definition) is 2. The van der Waals surface area contributed by atoms with Crippen molar-refractivity contribution in [3.8, 4) is 0 Å². The molecule has 2 rings (SSSR count). The zero-order valence-electron chi connectivity index (χ0n) is 14.5. The molecule has 0 radical (unpaired) electrons. The smallest absolute Gasteiger partial charge is 0.229 e. The van der Waals surface area contributed by atoms with Crippen molar-refractivity contribution in [1.82, 2.24) is 4.90 Å². The average molecular weight is 345 g/mol. The standard InChI is InChI=1S/C18H23N3O4/c1-12(2)11-16(23)20-14-5-3-13(4-6-14)19-15(22)9-10-21-17(24)7-8-18(21)25/h3-6,12H,7-11H2,1-2H3,(H,19,22)(H,20,23). The third-order valence-electron chi connectivity index (χ3n) is 3.76. The number of benzene rings is 1. The number of imide groups is 1. The van der Waals surface area contributed by atoms with Gasteiger partial charge in [0, 0.05) is 43.6 Å². The number of hydrogen-bond acceptors (Lipinski definition) is 4. The van der Waals surface area contributed by atoms with Crippen LogP contribution in [0.1, 0.15) is 39.5 Å².